The first-order valence-electron chi connectivity index (χ1n) is 9.67. The molecule has 0 amide bonds. The van der Waals surface area contributed by atoms with E-state index in [0.717, 1.165) is 37.0 Å². The molecule has 0 aliphatic heterocycles. The average molecular weight is 529 g/mol. The highest BCUT2D eigenvalue weighted by molar-refractivity contribution is 14.0. The summed E-state index contributed by atoms with van der Waals surface area (Å²) in [7, 11) is 1.79. The summed E-state index contributed by atoms with van der Waals surface area (Å²) in [5.41, 5.74) is 2.37. The van der Waals surface area contributed by atoms with Crippen molar-refractivity contribution in [3.63, 3.8) is 0 Å². The number of rotatable bonds is 12. The Hall–Kier alpha value is -1.29. The molecule has 0 aliphatic carbocycles. The first-order chi connectivity index (χ1) is 13.8. The van der Waals surface area contributed by atoms with Crippen LogP contribution in [-0.2, 0) is 22.6 Å². The molecule has 0 radical (unpaired) electrons. The number of halogens is 1. The van der Waals surface area contributed by atoms with E-state index in [0.29, 0.717) is 19.8 Å². The van der Waals surface area contributed by atoms with Crippen molar-refractivity contribution in [3.05, 3.63) is 65.7 Å². The van der Waals surface area contributed by atoms with E-state index in [4.69, 9.17) is 9.47 Å². The van der Waals surface area contributed by atoms with Crippen LogP contribution in [0.3, 0.4) is 0 Å². The maximum absolute atomic E-state index is 5.64. The number of aliphatic imine (C=N–C) groups is 1. The van der Waals surface area contributed by atoms with Gasteiger partial charge in [0.05, 0.1) is 19.8 Å². The van der Waals surface area contributed by atoms with E-state index in [9.17, 15) is 0 Å². The van der Waals surface area contributed by atoms with Crippen LogP contribution in [0, 0.1) is 0 Å². The Balaban J connectivity index is 0.00000420. The van der Waals surface area contributed by atoms with Crippen molar-refractivity contribution in [1.29, 1.82) is 0 Å². The van der Waals surface area contributed by atoms with E-state index < -0.39 is 0 Å². The molecule has 0 bridgehead atoms. The molecule has 160 valence electrons. The lowest BCUT2D eigenvalue weighted by molar-refractivity contribution is 0.0453. The average Bonchev–Trinajstić information content (AvgIpc) is 2.74. The smallest absolute Gasteiger partial charge is 0.191 e. The molecule has 0 aromatic heterocycles. The summed E-state index contributed by atoms with van der Waals surface area (Å²) >= 11 is 1.83. The highest BCUT2D eigenvalue weighted by Crippen LogP contribution is 2.15. The van der Waals surface area contributed by atoms with Crippen LogP contribution in [0.2, 0.25) is 0 Å². The summed E-state index contributed by atoms with van der Waals surface area (Å²) in [5.74, 6) is 1.80. The van der Waals surface area contributed by atoms with Gasteiger partial charge in [-0.3, -0.25) is 4.99 Å². The topological polar surface area (TPSA) is 54.9 Å². The monoisotopic (exact) mass is 529 g/mol. The minimum Gasteiger partial charge on any atom is -0.379 e. The molecule has 7 heteroatoms. The fourth-order valence-electron chi connectivity index (χ4n) is 2.54. The Morgan fingerprint density at radius 1 is 0.966 bits per heavy atom. The minimum absolute atomic E-state index is 0. The number of nitrogens with zero attached hydrogens (tertiary/aromatic N) is 1. The first kappa shape index (κ1) is 25.7. The zero-order chi connectivity index (χ0) is 19.9. The lowest BCUT2D eigenvalue weighted by atomic mass is 10.1. The van der Waals surface area contributed by atoms with Crippen LogP contribution < -0.4 is 10.6 Å². The van der Waals surface area contributed by atoms with E-state index in [-0.39, 0.29) is 24.0 Å². The molecule has 0 fully saturated rings. The number of nitrogens with one attached hydrogen (secondary N) is 2. The minimum atomic E-state index is 0. The van der Waals surface area contributed by atoms with E-state index in [2.05, 4.69) is 64.2 Å². The van der Waals surface area contributed by atoms with Crippen molar-refractivity contribution in [2.75, 3.05) is 39.2 Å². The molecular weight excluding hydrogens is 497 g/mol. The van der Waals surface area contributed by atoms with E-state index in [1.807, 2.05) is 24.8 Å². The number of guanidine groups is 1. The predicted octanol–water partition coefficient (Wildman–Crippen LogP) is 4.32. The van der Waals surface area contributed by atoms with Gasteiger partial charge in [0, 0.05) is 37.4 Å². The standard InChI is InChI=1S/C22H31N3O2S.HI/c1-3-26-13-14-27-18-20-9-7-8-19(16-20)17-25-22(23-2)24-12-15-28-21-10-5-4-6-11-21;/h4-11,16H,3,12-15,17-18H2,1-2H3,(H2,23,24,25);1H. The number of ether oxygens (including phenoxy) is 2. The van der Waals surface area contributed by atoms with Gasteiger partial charge in [-0.05, 0) is 30.2 Å². The molecule has 0 aliphatic rings. The number of thioether (sulfide) groups is 1. The van der Waals surface area contributed by atoms with Crippen molar-refractivity contribution < 1.29 is 9.47 Å². The molecule has 5 nitrogen and oxygen atoms in total. The van der Waals surface area contributed by atoms with Crippen molar-refractivity contribution >= 4 is 41.7 Å². The molecule has 2 aromatic carbocycles. The van der Waals surface area contributed by atoms with Crippen molar-refractivity contribution in [2.24, 2.45) is 4.99 Å². The highest BCUT2D eigenvalue weighted by atomic mass is 127. The molecule has 0 saturated carbocycles. The van der Waals surface area contributed by atoms with Crippen molar-refractivity contribution in [1.82, 2.24) is 10.6 Å². The van der Waals surface area contributed by atoms with E-state index in [1.54, 1.807) is 7.05 Å². The number of hydrogen-bond donors (Lipinski definition) is 2. The second-order valence-corrected chi connectivity index (χ2v) is 7.25. The largest absolute Gasteiger partial charge is 0.379 e. The van der Waals surface area contributed by atoms with Gasteiger partial charge >= 0.3 is 0 Å². The van der Waals surface area contributed by atoms with Crippen molar-refractivity contribution in [3.8, 4) is 0 Å². The Morgan fingerprint density at radius 3 is 2.48 bits per heavy atom. The predicted molar refractivity (Wildman–Crippen MR) is 133 cm³/mol. The third-order valence-corrected chi connectivity index (χ3v) is 4.94. The molecule has 29 heavy (non-hydrogen) atoms. The Bertz CT molecular complexity index is 701. The first-order valence-corrected chi connectivity index (χ1v) is 10.7. The molecule has 2 aromatic rings. The second-order valence-electron chi connectivity index (χ2n) is 6.08. The Kier molecular flexibility index (Phi) is 14.6. The van der Waals surface area contributed by atoms with Gasteiger partial charge in [0.25, 0.3) is 0 Å². The normalized spacial score (nSPS) is 11.0. The third-order valence-electron chi connectivity index (χ3n) is 3.93. The molecule has 0 heterocycles. The summed E-state index contributed by atoms with van der Waals surface area (Å²) in [4.78, 5) is 5.58. The number of benzene rings is 2. The Morgan fingerprint density at radius 2 is 1.72 bits per heavy atom. The maximum Gasteiger partial charge on any atom is 0.191 e. The van der Waals surface area contributed by atoms with E-state index in [1.165, 1.54) is 10.5 Å². The quantitative estimate of drug-likeness (QED) is 0.141. The van der Waals surface area contributed by atoms with Gasteiger partial charge < -0.3 is 20.1 Å². The summed E-state index contributed by atoms with van der Waals surface area (Å²) < 4.78 is 10.9. The van der Waals surface area contributed by atoms with Gasteiger partial charge in [-0.2, -0.15) is 0 Å². The van der Waals surface area contributed by atoms with Gasteiger partial charge in [0.15, 0.2) is 5.96 Å². The third kappa shape index (κ3) is 11.5. The summed E-state index contributed by atoms with van der Waals surface area (Å²) in [6.07, 6.45) is 0. The molecule has 2 N–H and O–H groups in total. The van der Waals surface area contributed by atoms with Gasteiger partial charge in [-0.25, -0.2) is 0 Å². The molecule has 0 saturated heterocycles. The van der Waals surface area contributed by atoms with Crippen LogP contribution in [-0.4, -0.2) is 45.1 Å². The summed E-state index contributed by atoms with van der Waals surface area (Å²) in [6, 6.07) is 18.8. The lowest BCUT2D eigenvalue weighted by Crippen LogP contribution is -2.37. The SMILES string of the molecule is CCOCCOCc1cccc(CNC(=NC)NCCSc2ccccc2)c1.I. The second kappa shape index (κ2) is 16.5. The highest BCUT2D eigenvalue weighted by Gasteiger charge is 2.01. The Labute approximate surface area is 196 Å². The zero-order valence-electron chi connectivity index (χ0n) is 17.2. The summed E-state index contributed by atoms with van der Waals surface area (Å²) in [5, 5.41) is 6.72. The molecular formula is C22H32IN3O2S. The maximum atomic E-state index is 5.64. The van der Waals surface area contributed by atoms with Crippen LogP contribution in [0.15, 0.2) is 64.5 Å². The van der Waals surface area contributed by atoms with Crippen molar-refractivity contribution in [2.45, 2.75) is 25.0 Å². The number of hydrogen-bond acceptors (Lipinski definition) is 4. The molecule has 0 atom stereocenters. The summed E-state index contributed by atoms with van der Waals surface area (Å²) in [6.45, 7) is 6.15. The molecule has 2 rings (SSSR count). The van der Waals surface area contributed by atoms with Gasteiger partial charge in [0.1, 0.15) is 0 Å². The fraction of sp³-hybridized carbons (Fsp3) is 0.409. The van der Waals surface area contributed by atoms with Crippen LogP contribution >= 0.6 is 35.7 Å². The van der Waals surface area contributed by atoms with E-state index >= 15 is 0 Å². The van der Waals surface area contributed by atoms with Crippen LogP contribution in [0.1, 0.15) is 18.1 Å². The molecule has 0 unspecified atom stereocenters. The van der Waals surface area contributed by atoms with Gasteiger partial charge in [0.2, 0.25) is 0 Å². The van der Waals surface area contributed by atoms with Gasteiger partial charge in [-0.15, -0.1) is 35.7 Å². The van der Waals surface area contributed by atoms with Crippen LogP contribution in [0.25, 0.3) is 0 Å². The van der Waals surface area contributed by atoms with Crippen LogP contribution in [0.4, 0.5) is 0 Å². The van der Waals surface area contributed by atoms with Gasteiger partial charge in [-0.1, -0.05) is 42.5 Å². The molecule has 0 spiro atoms. The van der Waals surface area contributed by atoms with Crippen LogP contribution in [0.5, 0.6) is 0 Å². The zero-order valence-corrected chi connectivity index (χ0v) is 20.4. The lowest BCUT2D eigenvalue weighted by Gasteiger charge is -2.12. The fourth-order valence-corrected chi connectivity index (χ4v) is 3.33.